The number of hydrogen-bond donors (Lipinski definition) is 0. The summed E-state index contributed by atoms with van der Waals surface area (Å²) in [4.78, 5) is 2.42. The first kappa shape index (κ1) is 13.5. The Bertz CT molecular complexity index is 263. The number of allylic oxidation sites excluding steroid dienone is 3. The van der Waals surface area contributed by atoms with E-state index in [4.69, 9.17) is 0 Å². The Hall–Kier alpha value is -0.560. The minimum absolute atomic E-state index is 0.313. The average molecular weight is 221 g/mol. The van der Waals surface area contributed by atoms with Gasteiger partial charge >= 0.3 is 0 Å². The maximum absolute atomic E-state index is 2.42. The highest BCUT2D eigenvalue weighted by Gasteiger charge is 2.34. The van der Waals surface area contributed by atoms with Crippen molar-refractivity contribution in [2.45, 2.75) is 52.0 Å². The van der Waals surface area contributed by atoms with Crippen LogP contribution in [0.15, 0.2) is 23.8 Å². The van der Waals surface area contributed by atoms with E-state index in [0.717, 1.165) is 0 Å². The topological polar surface area (TPSA) is 3.24 Å². The monoisotopic (exact) mass is 221 g/mol. The molecule has 0 spiro atoms. The highest BCUT2D eigenvalue weighted by atomic mass is 15.1. The highest BCUT2D eigenvalue weighted by Crippen LogP contribution is 2.34. The van der Waals surface area contributed by atoms with Crippen LogP contribution < -0.4 is 0 Å². The lowest BCUT2D eigenvalue weighted by atomic mass is 9.77. The van der Waals surface area contributed by atoms with Gasteiger partial charge in [0.15, 0.2) is 0 Å². The van der Waals surface area contributed by atoms with Gasteiger partial charge < -0.3 is 4.90 Å². The van der Waals surface area contributed by atoms with Crippen molar-refractivity contribution in [1.29, 1.82) is 0 Å². The van der Waals surface area contributed by atoms with Gasteiger partial charge in [-0.3, -0.25) is 0 Å². The van der Waals surface area contributed by atoms with Crippen molar-refractivity contribution < 1.29 is 0 Å². The van der Waals surface area contributed by atoms with Gasteiger partial charge in [0.2, 0.25) is 0 Å². The number of nitrogens with zero attached hydrogens (tertiary/aromatic N) is 1. The van der Waals surface area contributed by atoms with Crippen LogP contribution in [0.3, 0.4) is 0 Å². The van der Waals surface area contributed by atoms with Crippen molar-refractivity contribution >= 4 is 0 Å². The minimum atomic E-state index is 0.313. The zero-order chi connectivity index (χ0) is 12.2. The van der Waals surface area contributed by atoms with E-state index in [2.05, 4.69) is 58.0 Å². The molecule has 1 unspecified atom stereocenters. The molecule has 0 heterocycles. The van der Waals surface area contributed by atoms with Crippen LogP contribution in [0.25, 0.3) is 0 Å². The second kappa shape index (κ2) is 5.67. The molecule has 0 aromatic heterocycles. The van der Waals surface area contributed by atoms with Gasteiger partial charge in [0.25, 0.3) is 0 Å². The summed E-state index contributed by atoms with van der Waals surface area (Å²) in [5.74, 6) is 0.684. The first-order valence-electron chi connectivity index (χ1n) is 6.56. The molecule has 0 amide bonds. The minimum Gasteiger partial charge on any atom is -0.303 e. The lowest BCUT2D eigenvalue weighted by Crippen LogP contribution is -2.48. The summed E-state index contributed by atoms with van der Waals surface area (Å²) in [6, 6.07) is 0. The van der Waals surface area contributed by atoms with E-state index >= 15 is 0 Å². The van der Waals surface area contributed by atoms with Gasteiger partial charge in [-0.2, -0.15) is 0 Å². The Labute approximate surface area is 101 Å². The first-order valence-corrected chi connectivity index (χ1v) is 6.56. The molecule has 92 valence electrons. The van der Waals surface area contributed by atoms with E-state index in [1.807, 2.05) is 0 Å². The molecule has 1 rings (SSSR count). The molecule has 0 fully saturated rings. The van der Waals surface area contributed by atoms with Crippen LogP contribution in [0, 0.1) is 5.92 Å². The molecule has 1 aliphatic rings. The average Bonchev–Trinajstić information content (AvgIpc) is 2.26. The summed E-state index contributed by atoms with van der Waals surface area (Å²) in [5, 5.41) is 0. The zero-order valence-electron chi connectivity index (χ0n) is 11.6. The molecule has 0 aromatic rings. The van der Waals surface area contributed by atoms with Gasteiger partial charge in [0.05, 0.1) is 0 Å². The smallest absolute Gasteiger partial charge is 0.0263 e. The van der Waals surface area contributed by atoms with Crippen LogP contribution in [0.2, 0.25) is 0 Å². The molecular weight excluding hydrogens is 194 g/mol. The summed E-state index contributed by atoms with van der Waals surface area (Å²) < 4.78 is 0. The molecule has 16 heavy (non-hydrogen) atoms. The summed E-state index contributed by atoms with van der Waals surface area (Å²) in [5.41, 5.74) is 1.84. The Morgan fingerprint density at radius 1 is 1.31 bits per heavy atom. The largest absolute Gasteiger partial charge is 0.303 e. The predicted octanol–water partition coefficient (Wildman–Crippen LogP) is 4.02. The van der Waals surface area contributed by atoms with Gasteiger partial charge in [-0.25, -0.2) is 0 Å². The van der Waals surface area contributed by atoms with Crippen molar-refractivity contribution in [3.63, 3.8) is 0 Å². The van der Waals surface area contributed by atoms with E-state index in [1.165, 1.54) is 31.3 Å². The van der Waals surface area contributed by atoms with Crippen molar-refractivity contribution in [2.75, 3.05) is 14.1 Å². The van der Waals surface area contributed by atoms with E-state index in [-0.39, 0.29) is 0 Å². The third-order valence-electron chi connectivity index (χ3n) is 4.16. The molecule has 0 radical (unpaired) electrons. The second-order valence-electron chi connectivity index (χ2n) is 5.44. The molecule has 0 aromatic carbocycles. The summed E-state index contributed by atoms with van der Waals surface area (Å²) >= 11 is 0. The number of rotatable bonds is 5. The SMILES string of the molecule is CCC(CC1=CCCC=C1)(C(C)C)N(C)C. The van der Waals surface area contributed by atoms with E-state index in [9.17, 15) is 0 Å². The molecule has 0 saturated carbocycles. The lowest BCUT2D eigenvalue weighted by molar-refractivity contribution is 0.0900. The molecule has 1 aliphatic carbocycles. The number of hydrogen-bond acceptors (Lipinski definition) is 1. The molecule has 0 bridgehead atoms. The summed E-state index contributed by atoms with van der Waals surface area (Å²) in [6.45, 7) is 7.00. The van der Waals surface area contributed by atoms with E-state index in [1.54, 1.807) is 0 Å². The molecule has 1 atom stereocenters. The molecule has 1 nitrogen and oxygen atoms in total. The standard InChI is InChI=1S/C15H27N/c1-6-15(13(2)3,16(4)5)12-14-10-8-7-9-11-14/h8,10-11,13H,6-7,9,12H2,1-5H3. The molecule has 0 aliphatic heterocycles. The van der Waals surface area contributed by atoms with Crippen LogP contribution in [-0.4, -0.2) is 24.5 Å². The van der Waals surface area contributed by atoms with Crippen molar-refractivity contribution in [3.8, 4) is 0 Å². The predicted molar refractivity (Wildman–Crippen MR) is 72.6 cm³/mol. The van der Waals surface area contributed by atoms with E-state index in [0.29, 0.717) is 11.5 Å². The van der Waals surface area contributed by atoms with Crippen LogP contribution in [0.4, 0.5) is 0 Å². The van der Waals surface area contributed by atoms with Crippen molar-refractivity contribution in [2.24, 2.45) is 5.92 Å². The molecule has 1 heteroatoms. The third-order valence-corrected chi connectivity index (χ3v) is 4.16. The Kier molecular flexibility index (Phi) is 4.79. The lowest BCUT2D eigenvalue weighted by Gasteiger charge is -2.44. The van der Waals surface area contributed by atoms with Crippen LogP contribution in [0.1, 0.15) is 46.5 Å². The van der Waals surface area contributed by atoms with Crippen molar-refractivity contribution in [1.82, 2.24) is 4.90 Å². The first-order chi connectivity index (χ1) is 7.53. The van der Waals surface area contributed by atoms with Gasteiger partial charge in [0, 0.05) is 5.54 Å². The van der Waals surface area contributed by atoms with Gasteiger partial charge in [-0.1, -0.05) is 44.6 Å². The molecule has 0 N–H and O–H groups in total. The summed E-state index contributed by atoms with van der Waals surface area (Å²) in [6.07, 6.45) is 11.9. The van der Waals surface area contributed by atoms with Crippen LogP contribution >= 0.6 is 0 Å². The molecular formula is C15H27N. The normalized spacial score (nSPS) is 20.1. The fourth-order valence-corrected chi connectivity index (χ4v) is 2.88. The van der Waals surface area contributed by atoms with Gasteiger partial charge in [0.1, 0.15) is 0 Å². The quantitative estimate of drug-likeness (QED) is 0.678. The Balaban J connectivity index is 2.85. The highest BCUT2D eigenvalue weighted by molar-refractivity contribution is 5.25. The van der Waals surface area contributed by atoms with E-state index < -0.39 is 0 Å². The maximum atomic E-state index is 2.42. The van der Waals surface area contributed by atoms with Crippen molar-refractivity contribution in [3.05, 3.63) is 23.8 Å². The fourth-order valence-electron chi connectivity index (χ4n) is 2.88. The van der Waals surface area contributed by atoms with Gasteiger partial charge in [-0.15, -0.1) is 0 Å². The second-order valence-corrected chi connectivity index (χ2v) is 5.44. The third kappa shape index (κ3) is 2.76. The Morgan fingerprint density at radius 2 is 2.00 bits per heavy atom. The van der Waals surface area contributed by atoms with Crippen LogP contribution in [0.5, 0.6) is 0 Å². The maximum Gasteiger partial charge on any atom is 0.0263 e. The van der Waals surface area contributed by atoms with Gasteiger partial charge in [-0.05, 0) is 45.7 Å². The van der Waals surface area contributed by atoms with Crippen LogP contribution in [-0.2, 0) is 0 Å². The summed E-state index contributed by atoms with van der Waals surface area (Å²) in [7, 11) is 4.44. The zero-order valence-corrected chi connectivity index (χ0v) is 11.6. The Morgan fingerprint density at radius 3 is 2.38 bits per heavy atom. The molecule has 0 saturated heterocycles. The fraction of sp³-hybridized carbons (Fsp3) is 0.733.